The zero-order valence-electron chi connectivity index (χ0n) is 12.8. The Morgan fingerprint density at radius 3 is 2.75 bits per heavy atom. The quantitative estimate of drug-likeness (QED) is 0.803. The number of hydrogen-bond donors (Lipinski definition) is 0. The van der Waals surface area contributed by atoms with Gasteiger partial charge in [-0.3, -0.25) is 4.90 Å². The van der Waals surface area contributed by atoms with Crippen molar-refractivity contribution in [1.82, 2.24) is 4.90 Å². The van der Waals surface area contributed by atoms with Crippen molar-refractivity contribution in [3.05, 3.63) is 28.2 Å². The van der Waals surface area contributed by atoms with E-state index in [2.05, 4.69) is 64.7 Å². The number of rotatable bonds is 2. The van der Waals surface area contributed by atoms with Crippen LogP contribution in [0.3, 0.4) is 0 Å². The van der Waals surface area contributed by atoms with Crippen molar-refractivity contribution in [2.24, 2.45) is 5.92 Å². The Morgan fingerprint density at radius 2 is 2.05 bits per heavy atom. The minimum atomic E-state index is 0.638. The zero-order chi connectivity index (χ0) is 14.3. The lowest BCUT2D eigenvalue weighted by Gasteiger charge is -2.47. The summed E-state index contributed by atoms with van der Waals surface area (Å²) in [6, 6.07) is 8.23. The number of benzene rings is 1. The van der Waals surface area contributed by atoms with Gasteiger partial charge in [0.15, 0.2) is 0 Å². The first-order chi connectivity index (χ1) is 9.56. The highest BCUT2D eigenvalue weighted by Crippen LogP contribution is 2.33. The molecule has 0 N–H and O–H groups in total. The van der Waals surface area contributed by atoms with Crippen molar-refractivity contribution in [2.45, 2.75) is 45.7 Å². The summed E-state index contributed by atoms with van der Waals surface area (Å²) in [7, 11) is 0. The molecule has 2 atom stereocenters. The van der Waals surface area contributed by atoms with E-state index in [-0.39, 0.29) is 0 Å². The van der Waals surface area contributed by atoms with Crippen LogP contribution in [0.25, 0.3) is 0 Å². The molecule has 0 bridgehead atoms. The van der Waals surface area contributed by atoms with Gasteiger partial charge in [0.1, 0.15) is 0 Å². The van der Waals surface area contributed by atoms with E-state index in [4.69, 9.17) is 0 Å². The second kappa shape index (κ2) is 5.69. The number of aryl methyl sites for hydroxylation is 1. The van der Waals surface area contributed by atoms with Crippen LogP contribution in [0.5, 0.6) is 0 Å². The Hall–Kier alpha value is -0.540. The standard InChI is InChI=1S/C17H25BrN2/c1-12(2)17-11-19-8-4-5-15(19)10-20(17)14-7-6-13(3)16(18)9-14/h6-7,9,12,15,17H,4-5,8,10-11H2,1-3H3. The van der Waals surface area contributed by atoms with Crippen LogP contribution in [0, 0.1) is 12.8 Å². The molecule has 110 valence electrons. The lowest BCUT2D eigenvalue weighted by Crippen LogP contribution is -2.58. The number of halogens is 1. The molecule has 2 fully saturated rings. The van der Waals surface area contributed by atoms with Crippen LogP contribution >= 0.6 is 15.9 Å². The number of nitrogens with zero attached hydrogens (tertiary/aromatic N) is 2. The SMILES string of the molecule is Cc1ccc(N2CC3CCCN3CC2C(C)C)cc1Br. The van der Waals surface area contributed by atoms with E-state index in [9.17, 15) is 0 Å². The Labute approximate surface area is 131 Å². The molecule has 2 aliphatic rings. The number of piperazine rings is 1. The molecule has 0 spiro atoms. The summed E-state index contributed by atoms with van der Waals surface area (Å²) in [6.07, 6.45) is 2.75. The molecule has 2 saturated heterocycles. The molecule has 2 nitrogen and oxygen atoms in total. The average Bonchev–Trinajstić information content (AvgIpc) is 2.87. The van der Waals surface area contributed by atoms with Gasteiger partial charge < -0.3 is 4.90 Å². The summed E-state index contributed by atoms with van der Waals surface area (Å²) in [4.78, 5) is 5.37. The third kappa shape index (κ3) is 2.62. The van der Waals surface area contributed by atoms with Crippen LogP contribution in [0.1, 0.15) is 32.3 Å². The maximum Gasteiger partial charge on any atom is 0.0440 e. The van der Waals surface area contributed by atoms with Crippen molar-refractivity contribution in [3.8, 4) is 0 Å². The minimum absolute atomic E-state index is 0.638. The number of hydrogen-bond acceptors (Lipinski definition) is 2. The average molecular weight is 337 g/mol. The van der Waals surface area contributed by atoms with Gasteiger partial charge >= 0.3 is 0 Å². The molecule has 2 unspecified atom stereocenters. The second-order valence-corrected chi connectivity index (χ2v) is 7.54. The molecule has 20 heavy (non-hydrogen) atoms. The molecule has 2 heterocycles. The van der Waals surface area contributed by atoms with Gasteiger partial charge in [-0.15, -0.1) is 0 Å². The van der Waals surface area contributed by atoms with E-state index >= 15 is 0 Å². The summed E-state index contributed by atoms with van der Waals surface area (Å²) >= 11 is 3.69. The first-order valence-corrected chi connectivity index (χ1v) is 8.62. The fourth-order valence-corrected chi connectivity index (χ4v) is 4.04. The van der Waals surface area contributed by atoms with Gasteiger partial charge in [0, 0.05) is 35.3 Å². The molecule has 0 saturated carbocycles. The van der Waals surface area contributed by atoms with Crippen molar-refractivity contribution in [1.29, 1.82) is 0 Å². The Morgan fingerprint density at radius 1 is 1.25 bits per heavy atom. The largest absolute Gasteiger partial charge is 0.365 e. The Balaban J connectivity index is 1.89. The molecule has 3 rings (SSSR count). The summed E-state index contributed by atoms with van der Waals surface area (Å²) in [5, 5.41) is 0. The van der Waals surface area contributed by atoms with Crippen molar-refractivity contribution in [3.63, 3.8) is 0 Å². The molecule has 0 radical (unpaired) electrons. The molecule has 0 amide bonds. The maximum absolute atomic E-state index is 3.69. The zero-order valence-corrected chi connectivity index (χ0v) is 14.4. The fourth-order valence-electron chi connectivity index (χ4n) is 3.67. The topological polar surface area (TPSA) is 6.48 Å². The van der Waals surface area contributed by atoms with Crippen molar-refractivity contribution >= 4 is 21.6 Å². The molecular formula is C17H25BrN2. The van der Waals surface area contributed by atoms with E-state index < -0.39 is 0 Å². The van der Waals surface area contributed by atoms with Crippen LogP contribution < -0.4 is 4.90 Å². The highest BCUT2D eigenvalue weighted by molar-refractivity contribution is 9.10. The van der Waals surface area contributed by atoms with E-state index in [0.29, 0.717) is 12.0 Å². The highest BCUT2D eigenvalue weighted by Gasteiger charge is 2.37. The number of anilines is 1. The maximum atomic E-state index is 3.69. The third-order valence-electron chi connectivity index (χ3n) is 4.99. The smallest absolute Gasteiger partial charge is 0.0440 e. The van der Waals surface area contributed by atoms with Gasteiger partial charge in [-0.2, -0.15) is 0 Å². The molecule has 0 aromatic heterocycles. The van der Waals surface area contributed by atoms with Gasteiger partial charge in [0.25, 0.3) is 0 Å². The van der Waals surface area contributed by atoms with Gasteiger partial charge in [-0.25, -0.2) is 0 Å². The summed E-state index contributed by atoms with van der Waals surface area (Å²) in [5.41, 5.74) is 2.70. The monoisotopic (exact) mass is 336 g/mol. The Bertz CT molecular complexity index is 486. The van der Waals surface area contributed by atoms with Crippen LogP contribution in [-0.4, -0.2) is 36.6 Å². The first kappa shape index (κ1) is 14.4. The highest BCUT2D eigenvalue weighted by atomic mass is 79.9. The predicted molar refractivity (Wildman–Crippen MR) is 89.4 cm³/mol. The normalized spacial score (nSPS) is 27.1. The second-order valence-electron chi connectivity index (χ2n) is 6.69. The van der Waals surface area contributed by atoms with Crippen LogP contribution in [0.15, 0.2) is 22.7 Å². The molecule has 2 aliphatic heterocycles. The first-order valence-electron chi connectivity index (χ1n) is 7.83. The Kier molecular flexibility index (Phi) is 4.09. The van der Waals surface area contributed by atoms with E-state index in [1.807, 2.05) is 0 Å². The fraction of sp³-hybridized carbons (Fsp3) is 0.647. The molecule has 1 aromatic carbocycles. The lowest BCUT2D eigenvalue weighted by atomic mass is 9.96. The van der Waals surface area contributed by atoms with E-state index in [1.54, 1.807) is 0 Å². The van der Waals surface area contributed by atoms with Crippen molar-refractivity contribution in [2.75, 3.05) is 24.5 Å². The van der Waals surface area contributed by atoms with Gasteiger partial charge in [0.05, 0.1) is 0 Å². The predicted octanol–water partition coefficient (Wildman–Crippen LogP) is 4.07. The van der Waals surface area contributed by atoms with E-state index in [1.165, 1.54) is 48.2 Å². The molecule has 1 aromatic rings. The van der Waals surface area contributed by atoms with Gasteiger partial charge in [0.2, 0.25) is 0 Å². The molecule has 0 aliphatic carbocycles. The van der Waals surface area contributed by atoms with Crippen LogP contribution in [-0.2, 0) is 0 Å². The number of fused-ring (bicyclic) bond motifs is 1. The minimum Gasteiger partial charge on any atom is -0.365 e. The summed E-state index contributed by atoms with van der Waals surface area (Å²) in [6.45, 7) is 10.6. The van der Waals surface area contributed by atoms with Gasteiger partial charge in [-0.1, -0.05) is 35.8 Å². The molecular weight excluding hydrogens is 312 g/mol. The third-order valence-corrected chi connectivity index (χ3v) is 5.84. The van der Waals surface area contributed by atoms with Crippen LogP contribution in [0.4, 0.5) is 5.69 Å². The summed E-state index contributed by atoms with van der Waals surface area (Å²) in [5.74, 6) is 0.691. The van der Waals surface area contributed by atoms with Crippen molar-refractivity contribution < 1.29 is 0 Å². The van der Waals surface area contributed by atoms with Crippen LogP contribution in [0.2, 0.25) is 0 Å². The molecule has 3 heteroatoms. The summed E-state index contributed by atoms with van der Waals surface area (Å²) < 4.78 is 1.23. The lowest BCUT2D eigenvalue weighted by molar-refractivity contribution is 0.176. The van der Waals surface area contributed by atoms with E-state index in [0.717, 1.165) is 6.04 Å². The van der Waals surface area contributed by atoms with Gasteiger partial charge in [-0.05, 0) is 49.9 Å².